The molecule has 20 heavy (non-hydrogen) atoms. The lowest BCUT2D eigenvalue weighted by atomic mass is 10.2. The highest BCUT2D eigenvalue weighted by Gasteiger charge is 2.11. The molecule has 100 valence electrons. The van der Waals surface area contributed by atoms with Crippen molar-refractivity contribution in [3.8, 4) is 5.82 Å². The molecule has 0 unspecified atom stereocenters. The van der Waals surface area contributed by atoms with E-state index in [-0.39, 0.29) is 11.7 Å². The second-order valence-corrected chi connectivity index (χ2v) is 3.99. The third-order valence-corrected chi connectivity index (χ3v) is 2.69. The summed E-state index contributed by atoms with van der Waals surface area (Å²) in [6.45, 7) is 0.322. The molecule has 0 saturated heterocycles. The third-order valence-electron chi connectivity index (χ3n) is 2.69. The third kappa shape index (κ3) is 2.41. The van der Waals surface area contributed by atoms with Crippen LogP contribution in [0.2, 0.25) is 0 Å². The van der Waals surface area contributed by atoms with Crippen molar-refractivity contribution in [3.05, 3.63) is 60.7 Å². The van der Waals surface area contributed by atoms with Crippen molar-refractivity contribution in [2.45, 2.75) is 6.54 Å². The molecule has 0 bridgehead atoms. The van der Waals surface area contributed by atoms with E-state index in [1.807, 2.05) is 6.07 Å². The molecule has 7 heteroatoms. The zero-order chi connectivity index (χ0) is 13.8. The highest BCUT2D eigenvalue weighted by atomic mass is 16.3. The van der Waals surface area contributed by atoms with Gasteiger partial charge in [0.05, 0.1) is 6.26 Å². The summed E-state index contributed by atoms with van der Waals surface area (Å²) in [7, 11) is 0. The van der Waals surface area contributed by atoms with Crippen LogP contribution in [0.25, 0.3) is 5.82 Å². The Bertz CT molecular complexity index is 691. The zero-order valence-electron chi connectivity index (χ0n) is 10.4. The molecule has 0 aliphatic rings. The Morgan fingerprint density at radius 2 is 2.30 bits per heavy atom. The first-order valence-electron chi connectivity index (χ1n) is 5.95. The molecule has 7 nitrogen and oxygen atoms in total. The summed E-state index contributed by atoms with van der Waals surface area (Å²) in [4.78, 5) is 19.9. The van der Waals surface area contributed by atoms with Crippen LogP contribution in [0.1, 0.15) is 16.1 Å². The summed E-state index contributed by atoms with van der Waals surface area (Å²) in [5.41, 5.74) is 0.831. The first-order valence-corrected chi connectivity index (χ1v) is 5.95. The Morgan fingerprint density at radius 3 is 3.05 bits per heavy atom. The van der Waals surface area contributed by atoms with E-state index < -0.39 is 0 Å². The van der Waals surface area contributed by atoms with E-state index in [4.69, 9.17) is 4.42 Å². The van der Waals surface area contributed by atoms with Crippen LogP contribution in [0.5, 0.6) is 0 Å². The van der Waals surface area contributed by atoms with Crippen molar-refractivity contribution in [1.29, 1.82) is 0 Å². The number of pyridine rings is 1. The van der Waals surface area contributed by atoms with Crippen LogP contribution in [0.3, 0.4) is 0 Å². The molecule has 3 aromatic heterocycles. The van der Waals surface area contributed by atoms with Crippen LogP contribution < -0.4 is 5.32 Å². The number of carbonyl (C=O) groups is 1. The number of hydrogen-bond donors (Lipinski definition) is 1. The summed E-state index contributed by atoms with van der Waals surface area (Å²) in [5, 5.41) is 6.81. The van der Waals surface area contributed by atoms with E-state index in [2.05, 4.69) is 20.4 Å². The molecule has 0 saturated carbocycles. The SMILES string of the molecule is O=C(NCc1cccnc1-n1cncn1)c1ccco1. The number of carbonyl (C=O) groups excluding carboxylic acids is 1. The van der Waals surface area contributed by atoms with Gasteiger partial charge in [-0.05, 0) is 18.2 Å². The molecule has 0 atom stereocenters. The minimum atomic E-state index is -0.275. The van der Waals surface area contributed by atoms with Crippen molar-refractivity contribution in [2.75, 3.05) is 0 Å². The van der Waals surface area contributed by atoms with Gasteiger partial charge in [-0.1, -0.05) is 6.07 Å². The minimum Gasteiger partial charge on any atom is -0.459 e. The Labute approximate surface area is 114 Å². The highest BCUT2D eigenvalue weighted by Crippen LogP contribution is 2.09. The summed E-state index contributed by atoms with van der Waals surface area (Å²) in [5.74, 6) is 0.629. The lowest BCUT2D eigenvalue weighted by Gasteiger charge is -2.08. The molecule has 0 radical (unpaired) electrons. The maximum absolute atomic E-state index is 11.8. The summed E-state index contributed by atoms with van der Waals surface area (Å²) < 4.78 is 6.58. The smallest absolute Gasteiger partial charge is 0.287 e. The molecule has 0 fully saturated rings. The number of furan rings is 1. The van der Waals surface area contributed by atoms with Crippen LogP contribution in [0, 0.1) is 0 Å². The fourth-order valence-corrected chi connectivity index (χ4v) is 1.76. The Morgan fingerprint density at radius 1 is 1.35 bits per heavy atom. The van der Waals surface area contributed by atoms with Crippen molar-refractivity contribution >= 4 is 5.91 Å². The van der Waals surface area contributed by atoms with Crippen molar-refractivity contribution in [1.82, 2.24) is 25.1 Å². The van der Waals surface area contributed by atoms with Gasteiger partial charge < -0.3 is 9.73 Å². The lowest BCUT2D eigenvalue weighted by molar-refractivity contribution is 0.0923. The summed E-state index contributed by atoms with van der Waals surface area (Å²) in [6, 6.07) is 6.94. The van der Waals surface area contributed by atoms with E-state index >= 15 is 0 Å². The molecule has 3 heterocycles. The Hall–Kier alpha value is -2.96. The van der Waals surface area contributed by atoms with Gasteiger partial charge in [0.15, 0.2) is 11.6 Å². The molecule has 0 aliphatic carbocycles. The number of amides is 1. The van der Waals surface area contributed by atoms with Crippen LogP contribution in [-0.2, 0) is 6.54 Å². The topological polar surface area (TPSA) is 85.8 Å². The first-order chi connectivity index (χ1) is 9.84. The average molecular weight is 269 g/mol. The lowest BCUT2D eigenvalue weighted by Crippen LogP contribution is -2.23. The monoisotopic (exact) mass is 269 g/mol. The summed E-state index contributed by atoms with van der Waals surface area (Å²) in [6.07, 6.45) is 6.11. The molecule has 1 amide bonds. The molecular formula is C13H11N5O2. The fourth-order valence-electron chi connectivity index (χ4n) is 1.76. The van der Waals surface area contributed by atoms with Crippen LogP contribution >= 0.6 is 0 Å². The molecule has 0 spiro atoms. The maximum Gasteiger partial charge on any atom is 0.287 e. The van der Waals surface area contributed by atoms with Crippen molar-refractivity contribution < 1.29 is 9.21 Å². The van der Waals surface area contributed by atoms with Crippen LogP contribution in [-0.4, -0.2) is 25.7 Å². The van der Waals surface area contributed by atoms with E-state index in [0.717, 1.165) is 5.56 Å². The highest BCUT2D eigenvalue weighted by molar-refractivity contribution is 5.91. The summed E-state index contributed by atoms with van der Waals surface area (Å²) >= 11 is 0. The standard InChI is InChI=1S/C13H11N5O2/c19-13(11-4-2-6-20-11)16-7-10-3-1-5-15-12(10)18-9-14-8-17-18/h1-6,8-9H,7H2,(H,16,19). The molecule has 3 rings (SSSR count). The predicted molar refractivity (Wildman–Crippen MR) is 69.0 cm³/mol. The number of nitrogens with zero attached hydrogens (tertiary/aromatic N) is 4. The quantitative estimate of drug-likeness (QED) is 0.768. The molecule has 3 aromatic rings. The predicted octanol–water partition coefficient (Wildman–Crippen LogP) is 1.19. The minimum absolute atomic E-state index is 0.274. The first kappa shape index (κ1) is 12.1. The molecule has 0 aliphatic heterocycles. The van der Waals surface area contributed by atoms with E-state index in [9.17, 15) is 4.79 Å². The number of rotatable bonds is 4. The fraction of sp³-hybridized carbons (Fsp3) is 0.0769. The largest absolute Gasteiger partial charge is 0.459 e. The second-order valence-electron chi connectivity index (χ2n) is 3.99. The number of hydrogen-bond acceptors (Lipinski definition) is 5. The second kappa shape index (κ2) is 5.35. The van der Waals surface area contributed by atoms with E-state index in [0.29, 0.717) is 12.4 Å². The molecule has 0 aromatic carbocycles. The molecular weight excluding hydrogens is 258 g/mol. The Kier molecular flexibility index (Phi) is 3.24. The van der Waals surface area contributed by atoms with Gasteiger partial charge in [-0.2, -0.15) is 5.10 Å². The van der Waals surface area contributed by atoms with Gasteiger partial charge in [-0.15, -0.1) is 0 Å². The van der Waals surface area contributed by atoms with Gasteiger partial charge in [0.25, 0.3) is 5.91 Å². The number of aromatic nitrogens is 4. The van der Waals surface area contributed by atoms with Crippen molar-refractivity contribution in [3.63, 3.8) is 0 Å². The van der Waals surface area contributed by atoms with Gasteiger partial charge in [0.2, 0.25) is 0 Å². The molecule has 1 N–H and O–H groups in total. The van der Waals surface area contributed by atoms with Crippen molar-refractivity contribution in [2.24, 2.45) is 0 Å². The van der Waals surface area contributed by atoms with Gasteiger partial charge in [-0.3, -0.25) is 4.79 Å². The van der Waals surface area contributed by atoms with Gasteiger partial charge in [0.1, 0.15) is 12.7 Å². The number of nitrogens with one attached hydrogen (secondary N) is 1. The van der Waals surface area contributed by atoms with E-state index in [1.165, 1.54) is 12.6 Å². The van der Waals surface area contributed by atoms with Crippen LogP contribution in [0.4, 0.5) is 0 Å². The zero-order valence-corrected chi connectivity index (χ0v) is 10.4. The van der Waals surface area contributed by atoms with E-state index in [1.54, 1.807) is 35.4 Å². The maximum atomic E-state index is 11.8. The Balaban J connectivity index is 1.77. The van der Waals surface area contributed by atoms with Crippen LogP contribution in [0.15, 0.2) is 53.8 Å². The van der Waals surface area contributed by atoms with Gasteiger partial charge >= 0.3 is 0 Å². The normalized spacial score (nSPS) is 10.4. The van der Waals surface area contributed by atoms with Gasteiger partial charge in [0, 0.05) is 18.3 Å². The van der Waals surface area contributed by atoms with Gasteiger partial charge in [-0.25, -0.2) is 14.6 Å². The average Bonchev–Trinajstić information content (AvgIpc) is 3.17.